The van der Waals surface area contributed by atoms with E-state index in [1.54, 1.807) is 0 Å². The second kappa shape index (κ2) is 7.26. The van der Waals surface area contributed by atoms with Crippen molar-refractivity contribution in [2.45, 2.75) is 19.4 Å². The Balaban J connectivity index is 1.73. The molecule has 20 heavy (non-hydrogen) atoms. The number of carbonyl (C=O) groups excluding carboxylic acids is 1. The quantitative estimate of drug-likeness (QED) is 0.792. The normalized spacial score (nSPS) is 17.6. The van der Waals surface area contributed by atoms with Crippen molar-refractivity contribution >= 4 is 5.91 Å². The number of carbonyl (C=O) groups is 1. The number of hydrogen-bond acceptors (Lipinski definition) is 4. The summed E-state index contributed by atoms with van der Waals surface area (Å²) >= 11 is 0. The summed E-state index contributed by atoms with van der Waals surface area (Å²) in [7, 11) is 0. The van der Waals surface area contributed by atoms with Gasteiger partial charge in [0.2, 0.25) is 5.91 Å². The predicted molar refractivity (Wildman–Crippen MR) is 76.8 cm³/mol. The lowest BCUT2D eigenvalue weighted by molar-refractivity contribution is -0.124. The van der Waals surface area contributed by atoms with Gasteiger partial charge >= 0.3 is 0 Å². The van der Waals surface area contributed by atoms with Gasteiger partial charge in [0.15, 0.2) is 0 Å². The number of aliphatic hydroxyl groups is 1. The van der Waals surface area contributed by atoms with Crippen molar-refractivity contribution < 1.29 is 14.6 Å². The third-order valence-corrected chi connectivity index (χ3v) is 3.36. The van der Waals surface area contributed by atoms with Gasteiger partial charge in [-0.15, -0.1) is 0 Å². The van der Waals surface area contributed by atoms with Gasteiger partial charge in [0.1, 0.15) is 18.5 Å². The fourth-order valence-corrected chi connectivity index (χ4v) is 2.21. The molecule has 0 aromatic heterocycles. The largest absolute Gasteiger partial charge is 0.491 e. The monoisotopic (exact) mass is 278 g/mol. The minimum absolute atomic E-state index is 0.0134. The van der Waals surface area contributed by atoms with Crippen LogP contribution >= 0.6 is 0 Å². The summed E-state index contributed by atoms with van der Waals surface area (Å²) in [6.45, 7) is 4.57. The maximum absolute atomic E-state index is 11.2. The third kappa shape index (κ3) is 4.51. The van der Waals surface area contributed by atoms with Gasteiger partial charge in [0.05, 0.1) is 6.54 Å². The minimum Gasteiger partial charge on any atom is -0.491 e. The van der Waals surface area contributed by atoms with E-state index in [9.17, 15) is 9.90 Å². The smallest absolute Gasteiger partial charge is 0.234 e. The SMILES string of the molecule is CCc1ccc(OC[C@@H](O)CN2CCNC(=O)C2)cc1. The van der Waals surface area contributed by atoms with Gasteiger partial charge in [0, 0.05) is 19.6 Å². The summed E-state index contributed by atoms with van der Waals surface area (Å²) in [6, 6.07) is 7.88. The molecule has 2 rings (SSSR count). The van der Waals surface area contributed by atoms with Crippen LogP contribution in [0.4, 0.5) is 0 Å². The zero-order chi connectivity index (χ0) is 14.4. The molecule has 0 bridgehead atoms. The topological polar surface area (TPSA) is 61.8 Å². The van der Waals surface area contributed by atoms with Gasteiger partial charge in [0.25, 0.3) is 0 Å². The number of rotatable bonds is 6. The number of benzene rings is 1. The van der Waals surface area contributed by atoms with Crippen molar-refractivity contribution in [2.24, 2.45) is 0 Å². The maximum atomic E-state index is 11.2. The maximum Gasteiger partial charge on any atom is 0.234 e. The van der Waals surface area contributed by atoms with Gasteiger partial charge in [-0.25, -0.2) is 0 Å². The molecule has 1 heterocycles. The van der Waals surface area contributed by atoms with E-state index in [0.29, 0.717) is 19.6 Å². The lowest BCUT2D eigenvalue weighted by atomic mass is 10.2. The molecule has 0 aliphatic carbocycles. The number of aliphatic hydroxyl groups excluding tert-OH is 1. The third-order valence-electron chi connectivity index (χ3n) is 3.36. The Morgan fingerprint density at radius 3 is 2.80 bits per heavy atom. The summed E-state index contributed by atoms with van der Waals surface area (Å²) < 4.78 is 5.56. The molecular formula is C15H22N2O3. The van der Waals surface area contributed by atoms with Crippen LogP contribution in [0, 0.1) is 0 Å². The van der Waals surface area contributed by atoms with E-state index in [2.05, 4.69) is 12.2 Å². The highest BCUT2D eigenvalue weighted by molar-refractivity contribution is 5.78. The Kier molecular flexibility index (Phi) is 5.38. The fraction of sp³-hybridized carbons (Fsp3) is 0.533. The number of nitrogens with zero attached hydrogens (tertiary/aromatic N) is 1. The summed E-state index contributed by atoms with van der Waals surface area (Å²) in [5.41, 5.74) is 1.26. The highest BCUT2D eigenvalue weighted by Crippen LogP contribution is 2.12. The van der Waals surface area contributed by atoms with Gasteiger partial charge in [-0.3, -0.25) is 9.69 Å². The molecule has 5 heteroatoms. The molecule has 2 N–H and O–H groups in total. The molecule has 1 amide bonds. The lowest BCUT2D eigenvalue weighted by Crippen LogP contribution is -2.50. The zero-order valence-corrected chi connectivity index (χ0v) is 11.8. The summed E-state index contributed by atoms with van der Waals surface area (Å²) in [5, 5.41) is 12.7. The Morgan fingerprint density at radius 1 is 1.40 bits per heavy atom. The van der Waals surface area contributed by atoms with Crippen molar-refractivity contribution in [1.29, 1.82) is 0 Å². The minimum atomic E-state index is -0.591. The number of amides is 1. The fourth-order valence-electron chi connectivity index (χ4n) is 2.21. The molecule has 0 radical (unpaired) electrons. The zero-order valence-electron chi connectivity index (χ0n) is 11.8. The Morgan fingerprint density at radius 2 is 2.15 bits per heavy atom. The van der Waals surface area contributed by atoms with E-state index in [1.165, 1.54) is 5.56 Å². The van der Waals surface area contributed by atoms with Crippen molar-refractivity contribution in [3.05, 3.63) is 29.8 Å². The molecule has 1 aliphatic heterocycles. The van der Waals surface area contributed by atoms with Crippen LogP contribution in [0.1, 0.15) is 12.5 Å². The second-order valence-corrected chi connectivity index (χ2v) is 5.05. The molecule has 1 aromatic carbocycles. The van der Waals surface area contributed by atoms with Crippen LogP contribution in [0.25, 0.3) is 0 Å². The van der Waals surface area contributed by atoms with Gasteiger partial charge in [-0.2, -0.15) is 0 Å². The number of β-amino-alcohol motifs (C(OH)–C–C–N with tert-alkyl or cyclic N) is 1. The first-order chi connectivity index (χ1) is 9.67. The average Bonchev–Trinajstić information content (AvgIpc) is 2.46. The van der Waals surface area contributed by atoms with Crippen LogP contribution in [0.15, 0.2) is 24.3 Å². The number of hydrogen-bond donors (Lipinski definition) is 2. The summed E-state index contributed by atoms with van der Waals surface area (Å²) in [6.07, 6.45) is 0.409. The Hall–Kier alpha value is -1.59. The highest BCUT2D eigenvalue weighted by Gasteiger charge is 2.19. The predicted octanol–water partition coefficient (Wildman–Crippen LogP) is 0.420. The van der Waals surface area contributed by atoms with Crippen LogP contribution in [0.5, 0.6) is 5.75 Å². The Labute approximate surface area is 119 Å². The number of piperazine rings is 1. The van der Waals surface area contributed by atoms with E-state index < -0.39 is 6.10 Å². The van der Waals surface area contributed by atoms with Crippen LogP contribution in [0.3, 0.4) is 0 Å². The van der Waals surface area contributed by atoms with Gasteiger partial charge in [-0.05, 0) is 24.1 Å². The van der Waals surface area contributed by atoms with E-state index >= 15 is 0 Å². The average molecular weight is 278 g/mol. The van der Waals surface area contributed by atoms with Crippen molar-refractivity contribution in [1.82, 2.24) is 10.2 Å². The van der Waals surface area contributed by atoms with Gasteiger partial charge < -0.3 is 15.2 Å². The molecule has 0 unspecified atom stereocenters. The van der Waals surface area contributed by atoms with Crippen LogP contribution in [-0.2, 0) is 11.2 Å². The van der Waals surface area contributed by atoms with E-state index in [1.807, 2.05) is 29.2 Å². The summed E-state index contributed by atoms with van der Waals surface area (Å²) in [5.74, 6) is 0.775. The first-order valence-corrected chi connectivity index (χ1v) is 7.06. The molecule has 0 spiro atoms. The van der Waals surface area contributed by atoms with Crippen molar-refractivity contribution in [2.75, 3.05) is 32.8 Å². The van der Waals surface area contributed by atoms with Crippen LogP contribution in [-0.4, -0.2) is 54.8 Å². The van der Waals surface area contributed by atoms with Crippen molar-refractivity contribution in [3.63, 3.8) is 0 Å². The molecule has 1 aliphatic rings. The second-order valence-electron chi connectivity index (χ2n) is 5.05. The van der Waals surface area contributed by atoms with E-state index in [4.69, 9.17) is 4.74 Å². The number of ether oxygens (including phenoxy) is 1. The van der Waals surface area contributed by atoms with Crippen LogP contribution in [0.2, 0.25) is 0 Å². The lowest BCUT2D eigenvalue weighted by Gasteiger charge is -2.28. The summed E-state index contributed by atoms with van der Waals surface area (Å²) in [4.78, 5) is 13.2. The molecule has 1 atom stereocenters. The molecule has 0 saturated carbocycles. The molecule has 1 aromatic rings. The molecule has 1 fully saturated rings. The standard InChI is InChI=1S/C15H22N2O3/c1-2-12-3-5-14(6-4-12)20-11-13(18)9-17-8-7-16-15(19)10-17/h3-6,13,18H,2,7-11H2,1H3,(H,16,19)/t13-/m0/s1. The number of nitrogens with one attached hydrogen (secondary N) is 1. The molecule has 110 valence electrons. The molecular weight excluding hydrogens is 256 g/mol. The first-order valence-electron chi connectivity index (χ1n) is 7.06. The van der Waals surface area contributed by atoms with Crippen LogP contribution < -0.4 is 10.1 Å². The first kappa shape index (κ1) is 14.8. The van der Waals surface area contributed by atoms with E-state index in [-0.39, 0.29) is 12.5 Å². The molecule has 1 saturated heterocycles. The van der Waals surface area contributed by atoms with E-state index in [0.717, 1.165) is 18.7 Å². The highest BCUT2D eigenvalue weighted by atomic mass is 16.5. The number of aryl methyl sites for hydroxylation is 1. The van der Waals surface area contributed by atoms with Crippen molar-refractivity contribution in [3.8, 4) is 5.75 Å². The Bertz CT molecular complexity index is 433. The molecule has 5 nitrogen and oxygen atoms in total. The van der Waals surface area contributed by atoms with Gasteiger partial charge in [-0.1, -0.05) is 19.1 Å².